The molecule has 0 saturated carbocycles. The zero-order valence-electron chi connectivity index (χ0n) is 12.8. The van der Waals surface area contributed by atoms with Crippen LogP contribution in [0, 0.1) is 6.92 Å². The van der Waals surface area contributed by atoms with E-state index in [1.165, 1.54) is 17.6 Å². The average molecular weight is 351 g/mol. The average Bonchev–Trinajstić information content (AvgIpc) is 2.98. The molecule has 1 aromatic heterocycles. The van der Waals surface area contributed by atoms with Gasteiger partial charge < -0.3 is 0 Å². The maximum absolute atomic E-state index is 11.9. The molecular formula is C15H17N3O3S2. The van der Waals surface area contributed by atoms with Gasteiger partial charge in [-0.05, 0) is 30.5 Å². The fourth-order valence-corrected chi connectivity index (χ4v) is 3.25. The van der Waals surface area contributed by atoms with Crippen molar-refractivity contribution in [1.29, 1.82) is 0 Å². The van der Waals surface area contributed by atoms with Crippen molar-refractivity contribution in [3.8, 4) is 0 Å². The Balaban J connectivity index is 2.06. The van der Waals surface area contributed by atoms with Crippen molar-refractivity contribution in [2.45, 2.75) is 6.92 Å². The second kappa shape index (κ2) is 7.38. The number of amides is 1. The molecule has 2 rings (SSSR count). The first-order valence-corrected chi connectivity index (χ1v) is 9.49. The maximum atomic E-state index is 11.9. The molecule has 23 heavy (non-hydrogen) atoms. The lowest BCUT2D eigenvalue weighted by Crippen LogP contribution is -2.39. The lowest BCUT2D eigenvalue weighted by atomic mass is 10.2. The maximum Gasteiger partial charge on any atom is 0.260 e. The first-order chi connectivity index (χ1) is 10.9. The van der Waals surface area contributed by atoms with Crippen molar-refractivity contribution < 1.29 is 13.2 Å². The minimum Gasteiger partial charge on any atom is -0.271 e. The van der Waals surface area contributed by atoms with Crippen LogP contribution in [0.2, 0.25) is 0 Å². The summed E-state index contributed by atoms with van der Waals surface area (Å²) in [5, 5.41) is 5.72. The van der Waals surface area contributed by atoms with Crippen molar-refractivity contribution in [2.75, 3.05) is 17.1 Å². The highest BCUT2D eigenvalue weighted by molar-refractivity contribution is 7.92. The van der Waals surface area contributed by atoms with Gasteiger partial charge in [-0.25, -0.2) is 13.8 Å². The highest BCUT2D eigenvalue weighted by atomic mass is 32.2. The Kier molecular flexibility index (Phi) is 5.51. The molecule has 122 valence electrons. The molecule has 1 aromatic carbocycles. The van der Waals surface area contributed by atoms with Gasteiger partial charge in [0.1, 0.15) is 6.54 Å². The Bertz CT molecular complexity index is 782. The van der Waals surface area contributed by atoms with E-state index in [1.807, 2.05) is 24.4 Å². The number of sulfonamides is 1. The minimum atomic E-state index is -3.57. The predicted octanol–water partition coefficient (Wildman–Crippen LogP) is 1.97. The summed E-state index contributed by atoms with van der Waals surface area (Å²) in [7, 11) is -3.57. The zero-order chi connectivity index (χ0) is 16.9. The molecule has 6 nitrogen and oxygen atoms in total. The lowest BCUT2D eigenvalue weighted by molar-refractivity contribution is -0.119. The summed E-state index contributed by atoms with van der Waals surface area (Å²) in [6.45, 7) is 1.57. The number of rotatable bonds is 6. The van der Waals surface area contributed by atoms with E-state index in [4.69, 9.17) is 0 Å². The van der Waals surface area contributed by atoms with Crippen LogP contribution in [0.4, 0.5) is 5.69 Å². The van der Waals surface area contributed by atoms with Gasteiger partial charge in [-0.2, -0.15) is 5.10 Å². The van der Waals surface area contributed by atoms with Gasteiger partial charge in [-0.1, -0.05) is 23.8 Å². The minimum absolute atomic E-state index is 0.330. The monoisotopic (exact) mass is 351 g/mol. The molecule has 0 bridgehead atoms. The highest BCUT2D eigenvalue weighted by Gasteiger charge is 2.20. The van der Waals surface area contributed by atoms with Crippen molar-refractivity contribution in [2.24, 2.45) is 5.10 Å². The molecule has 0 aliphatic carbocycles. The third kappa shape index (κ3) is 5.19. The van der Waals surface area contributed by atoms with Crippen molar-refractivity contribution in [3.05, 3.63) is 52.2 Å². The first kappa shape index (κ1) is 17.2. The van der Waals surface area contributed by atoms with Crippen LogP contribution in [-0.2, 0) is 14.8 Å². The Labute approximate surface area is 139 Å². The van der Waals surface area contributed by atoms with Crippen LogP contribution in [-0.4, -0.2) is 33.3 Å². The summed E-state index contributed by atoms with van der Waals surface area (Å²) in [6, 6.07) is 10.6. The number of nitrogens with one attached hydrogen (secondary N) is 1. The van der Waals surface area contributed by atoms with Gasteiger partial charge in [0.05, 0.1) is 18.2 Å². The summed E-state index contributed by atoms with van der Waals surface area (Å²) < 4.78 is 24.9. The second-order valence-corrected chi connectivity index (χ2v) is 7.80. The fourth-order valence-electron chi connectivity index (χ4n) is 1.81. The van der Waals surface area contributed by atoms with Gasteiger partial charge in [0, 0.05) is 4.88 Å². The summed E-state index contributed by atoms with van der Waals surface area (Å²) >= 11 is 1.48. The molecule has 1 amide bonds. The molecule has 0 atom stereocenters. The van der Waals surface area contributed by atoms with E-state index in [0.717, 1.165) is 21.0 Å². The van der Waals surface area contributed by atoms with Crippen LogP contribution in [0.1, 0.15) is 10.4 Å². The number of anilines is 1. The molecule has 0 fully saturated rings. The molecular weight excluding hydrogens is 334 g/mol. The van der Waals surface area contributed by atoms with E-state index in [0.29, 0.717) is 5.69 Å². The van der Waals surface area contributed by atoms with Crippen LogP contribution in [0.15, 0.2) is 46.9 Å². The molecule has 0 spiro atoms. The number of carbonyl (C=O) groups is 1. The normalized spacial score (nSPS) is 11.6. The van der Waals surface area contributed by atoms with Crippen LogP contribution in [0.3, 0.4) is 0 Å². The third-order valence-electron chi connectivity index (χ3n) is 2.93. The van der Waals surface area contributed by atoms with E-state index in [-0.39, 0.29) is 6.54 Å². The van der Waals surface area contributed by atoms with Gasteiger partial charge in [-0.15, -0.1) is 11.3 Å². The Morgan fingerprint density at radius 2 is 2.00 bits per heavy atom. The van der Waals surface area contributed by atoms with Crippen molar-refractivity contribution in [3.63, 3.8) is 0 Å². The molecule has 0 saturated heterocycles. The Hall–Kier alpha value is -2.19. The molecule has 0 aliphatic rings. The first-order valence-electron chi connectivity index (χ1n) is 6.76. The summed E-state index contributed by atoms with van der Waals surface area (Å²) in [5.41, 5.74) is 3.78. The van der Waals surface area contributed by atoms with E-state index in [1.54, 1.807) is 24.3 Å². The number of thiophene rings is 1. The third-order valence-corrected chi connectivity index (χ3v) is 4.88. The number of nitrogens with zero attached hydrogens (tertiary/aromatic N) is 2. The van der Waals surface area contributed by atoms with Gasteiger partial charge in [0.2, 0.25) is 10.0 Å². The molecule has 8 heteroatoms. The number of aryl methyl sites for hydroxylation is 1. The predicted molar refractivity (Wildman–Crippen MR) is 93.4 cm³/mol. The quantitative estimate of drug-likeness (QED) is 0.638. The van der Waals surface area contributed by atoms with E-state index in [9.17, 15) is 13.2 Å². The number of hydrazone groups is 1. The van der Waals surface area contributed by atoms with Gasteiger partial charge in [0.15, 0.2) is 0 Å². The van der Waals surface area contributed by atoms with Gasteiger partial charge >= 0.3 is 0 Å². The molecule has 1 heterocycles. The standard InChI is InChI=1S/C15H17N3O3S2/c1-12-5-7-13(8-6-12)18(23(2,20)21)11-15(19)17-16-10-14-4-3-9-22-14/h3-10H,11H2,1-2H3,(H,17,19)/b16-10-. The Morgan fingerprint density at radius 3 is 2.57 bits per heavy atom. The Morgan fingerprint density at radius 1 is 1.30 bits per heavy atom. The van der Waals surface area contributed by atoms with Gasteiger partial charge in [0.25, 0.3) is 5.91 Å². The van der Waals surface area contributed by atoms with E-state index in [2.05, 4.69) is 10.5 Å². The molecule has 0 radical (unpaired) electrons. The van der Waals surface area contributed by atoms with E-state index >= 15 is 0 Å². The van der Waals surface area contributed by atoms with Crippen molar-refractivity contribution >= 4 is 39.2 Å². The summed E-state index contributed by atoms with van der Waals surface area (Å²) in [5.74, 6) is -0.510. The largest absolute Gasteiger partial charge is 0.271 e. The van der Waals surface area contributed by atoms with Crippen LogP contribution >= 0.6 is 11.3 Å². The van der Waals surface area contributed by atoms with Crippen LogP contribution in [0.25, 0.3) is 0 Å². The lowest BCUT2D eigenvalue weighted by Gasteiger charge is -2.21. The number of benzene rings is 1. The van der Waals surface area contributed by atoms with E-state index < -0.39 is 15.9 Å². The molecule has 0 aliphatic heterocycles. The molecule has 1 N–H and O–H groups in total. The zero-order valence-corrected chi connectivity index (χ0v) is 14.4. The molecule has 2 aromatic rings. The van der Waals surface area contributed by atoms with Crippen molar-refractivity contribution in [1.82, 2.24) is 5.43 Å². The second-order valence-electron chi connectivity index (χ2n) is 4.91. The SMILES string of the molecule is Cc1ccc(N(CC(=O)N/N=C\c2cccs2)S(C)(=O)=O)cc1. The summed E-state index contributed by atoms with van der Waals surface area (Å²) in [4.78, 5) is 12.8. The number of hydrogen-bond acceptors (Lipinski definition) is 5. The topological polar surface area (TPSA) is 78.8 Å². The number of carbonyl (C=O) groups excluding carboxylic acids is 1. The molecule has 0 unspecified atom stereocenters. The van der Waals surface area contributed by atoms with Gasteiger partial charge in [-0.3, -0.25) is 9.10 Å². The van der Waals surface area contributed by atoms with Crippen LogP contribution in [0.5, 0.6) is 0 Å². The number of hydrogen-bond donors (Lipinski definition) is 1. The van der Waals surface area contributed by atoms with Crippen LogP contribution < -0.4 is 9.73 Å². The summed E-state index contributed by atoms with van der Waals surface area (Å²) in [6.07, 6.45) is 2.58. The highest BCUT2D eigenvalue weighted by Crippen LogP contribution is 2.17. The fraction of sp³-hybridized carbons (Fsp3) is 0.200. The smallest absolute Gasteiger partial charge is 0.260 e.